The predicted octanol–water partition coefficient (Wildman–Crippen LogP) is 5.41. The molecule has 2 atom stereocenters. The van der Waals surface area contributed by atoms with E-state index in [1.54, 1.807) is 11.3 Å². The van der Waals surface area contributed by atoms with E-state index in [1.165, 1.54) is 28.8 Å². The first-order valence-corrected chi connectivity index (χ1v) is 10.5. The number of carbonyl (C=O) groups excluding carboxylic acids is 1. The third kappa shape index (κ3) is 3.05. The number of nitrogens with one attached hydrogen (secondary N) is 2. The van der Waals surface area contributed by atoms with Gasteiger partial charge in [0.25, 0.3) is 5.91 Å². The Labute approximate surface area is 160 Å². The third-order valence-electron chi connectivity index (χ3n) is 5.83. The lowest BCUT2D eigenvalue weighted by molar-refractivity contribution is 0.0935. The van der Waals surface area contributed by atoms with Crippen molar-refractivity contribution in [1.29, 1.82) is 0 Å². The largest absolute Gasteiger partial charge is 0.353 e. The quantitative estimate of drug-likeness (QED) is 0.743. The Morgan fingerprint density at radius 2 is 1.88 bits per heavy atom. The number of hydrogen-bond donors (Lipinski definition) is 2. The number of thiophene rings is 1. The van der Waals surface area contributed by atoms with Crippen molar-refractivity contribution in [1.82, 2.24) is 5.32 Å². The van der Waals surface area contributed by atoms with E-state index in [9.17, 15) is 4.79 Å². The molecule has 138 valence electrons. The molecule has 0 unspecified atom stereocenters. The first kappa shape index (κ1) is 17.6. The van der Waals surface area contributed by atoms with Crippen molar-refractivity contribution in [2.45, 2.75) is 65.0 Å². The molecule has 4 heteroatoms. The highest BCUT2D eigenvalue weighted by Gasteiger charge is 2.33. The highest BCUT2D eigenvalue weighted by atomic mass is 32.1. The fraction of sp³-hybridized carbons (Fsp3) is 0.500. The first-order valence-electron chi connectivity index (χ1n) is 9.69. The molecule has 2 aromatic rings. The molecule has 2 heterocycles. The minimum absolute atomic E-state index is 0.0797. The minimum Gasteiger partial charge on any atom is -0.353 e. The maximum absolute atomic E-state index is 12.8. The Bertz CT molecular complexity index is 829. The summed E-state index contributed by atoms with van der Waals surface area (Å²) >= 11 is 1.79. The highest BCUT2D eigenvalue weighted by Crippen LogP contribution is 2.43. The monoisotopic (exact) mass is 368 g/mol. The van der Waals surface area contributed by atoms with Crippen molar-refractivity contribution in [3.63, 3.8) is 0 Å². The fourth-order valence-corrected chi connectivity index (χ4v) is 5.44. The van der Waals surface area contributed by atoms with Gasteiger partial charge in [-0.1, -0.05) is 58.4 Å². The Hall–Kier alpha value is -1.81. The van der Waals surface area contributed by atoms with E-state index < -0.39 is 0 Å². The van der Waals surface area contributed by atoms with Crippen LogP contribution >= 0.6 is 11.3 Å². The molecule has 0 spiro atoms. The third-order valence-corrected chi connectivity index (χ3v) is 7.02. The molecule has 0 fully saturated rings. The van der Waals surface area contributed by atoms with Crippen LogP contribution in [0.4, 0.5) is 5.00 Å². The van der Waals surface area contributed by atoms with Crippen molar-refractivity contribution >= 4 is 22.2 Å². The van der Waals surface area contributed by atoms with Gasteiger partial charge in [0.15, 0.2) is 0 Å². The minimum atomic E-state index is -0.147. The molecule has 1 aliphatic carbocycles. The zero-order valence-corrected chi connectivity index (χ0v) is 16.9. The summed E-state index contributed by atoms with van der Waals surface area (Å²) in [7, 11) is 0. The molecule has 2 aliphatic rings. The summed E-state index contributed by atoms with van der Waals surface area (Å²) in [5, 5.41) is 7.80. The molecule has 2 N–H and O–H groups in total. The van der Waals surface area contributed by atoms with Crippen LogP contribution in [0.1, 0.15) is 78.6 Å². The summed E-state index contributed by atoms with van der Waals surface area (Å²) in [5.41, 5.74) is 4.75. The van der Waals surface area contributed by atoms with Gasteiger partial charge < -0.3 is 10.6 Å². The molecule has 0 saturated carbocycles. The Morgan fingerprint density at radius 1 is 1.15 bits per heavy atom. The van der Waals surface area contributed by atoms with Gasteiger partial charge in [0, 0.05) is 4.88 Å². The van der Waals surface area contributed by atoms with Gasteiger partial charge in [0.2, 0.25) is 0 Å². The second kappa shape index (κ2) is 6.41. The molecule has 1 aromatic carbocycles. The average molecular weight is 369 g/mol. The van der Waals surface area contributed by atoms with Crippen molar-refractivity contribution in [3.8, 4) is 0 Å². The number of hydrogen-bond acceptors (Lipinski definition) is 3. The second-order valence-corrected chi connectivity index (χ2v) is 9.75. The topological polar surface area (TPSA) is 41.1 Å². The van der Waals surface area contributed by atoms with Gasteiger partial charge in [-0.25, -0.2) is 0 Å². The van der Waals surface area contributed by atoms with E-state index in [0.717, 1.165) is 34.9 Å². The normalized spacial score (nSPS) is 22.2. The van der Waals surface area contributed by atoms with Gasteiger partial charge in [-0.2, -0.15) is 0 Å². The first-order chi connectivity index (χ1) is 12.4. The van der Waals surface area contributed by atoms with E-state index in [1.807, 2.05) is 0 Å². The van der Waals surface area contributed by atoms with E-state index in [2.05, 4.69) is 62.6 Å². The lowest BCUT2D eigenvalue weighted by Crippen LogP contribution is -2.38. The van der Waals surface area contributed by atoms with Crippen LogP contribution < -0.4 is 10.6 Å². The Balaban J connectivity index is 1.61. The highest BCUT2D eigenvalue weighted by molar-refractivity contribution is 7.16. The number of carbonyl (C=O) groups is 1. The molecule has 1 aliphatic heterocycles. The van der Waals surface area contributed by atoms with Crippen molar-refractivity contribution < 1.29 is 4.79 Å². The number of fused-ring (bicyclic) bond motifs is 3. The molecule has 0 bridgehead atoms. The van der Waals surface area contributed by atoms with Crippen LogP contribution in [0.15, 0.2) is 24.3 Å². The molecule has 0 radical (unpaired) electrons. The van der Waals surface area contributed by atoms with Crippen LogP contribution in [0.2, 0.25) is 0 Å². The summed E-state index contributed by atoms with van der Waals surface area (Å²) in [6, 6.07) is 8.60. The fourth-order valence-electron chi connectivity index (χ4n) is 4.06. The molecule has 1 amide bonds. The van der Waals surface area contributed by atoms with Crippen LogP contribution in [0.3, 0.4) is 0 Å². The van der Waals surface area contributed by atoms with Gasteiger partial charge in [0.05, 0.1) is 5.56 Å². The molecule has 3 nitrogen and oxygen atoms in total. The molecular weight excluding hydrogens is 340 g/mol. The second-order valence-electron chi connectivity index (χ2n) is 8.65. The van der Waals surface area contributed by atoms with E-state index >= 15 is 0 Å². The van der Waals surface area contributed by atoms with E-state index in [4.69, 9.17) is 0 Å². The van der Waals surface area contributed by atoms with Gasteiger partial charge in [-0.15, -0.1) is 11.3 Å². The van der Waals surface area contributed by atoms with E-state index in [-0.39, 0.29) is 17.5 Å². The maximum atomic E-state index is 12.8. The molecule has 4 rings (SSSR count). The predicted molar refractivity (Wildman–Crippen MR) is 109 cm³/mol. The maximum Gasteiger partial charge on any atom is 0.256 e. The van der Waals surface area contributed by atoms with Crippen LogP contribution in [-0.4, -0.2) is 5.91 Å². The van der Waals surface area contributed by atoms with Crippen LogP contribution in [0, 0.1) is 5.92 Å². The smallest absolute Gasteiger partial charge is 0.256 e. The summed E-state index contributed by atoms with van der Waals surface area (Å²) in [6.07, 6.45) is 4.46. The van der Waals surface area contributed by atoms with Crippen LogP contribution in [0.5, 0.6) is 0 Å². The van der Waals surface area contributed by atoms with Gasteiger partial charge in [-0.3, -0.25) is 4.79 Å². The number of benzene rings is 1. The van der Waals surface area contributed by atoms with Crippen LogP contribution in [-0.2, 0) is 18.3 Å². The van der Waals surface area contributed by atoms with Gasteiger partial charge >= 0.3 is 0 Å². The number of rotatable bonds is 2. The average Bonchev–Trinajstić information content (AvgIpc) is 2.98. The van der Waals surface area contributed by atoms with Crippen molar-refractivity contribution in [2.24, 2.45) is 5.92 Å². The van der Waals surface area contributed by atoms with Crippen molar-refractivity contribution in [2.75, 3.05) is 5.32 Å². The lowest BCUT2D eigenvalue weighted by atomic mass is 9.85. The summed E-state index contributed by atoms with van der Waals surface area (Å²) in [4.78, 5) is 14.3. The van der Waals surface area contributed by atoms with Crippen LogP contribution in [0.25, 0.3) is 0 Å². The van der Waals surface area contributed by atoms with Gasteiger partial charge in [0.1, 0.15) is 11.2 Å². The lowest BCUT2D eigenvalue weighted by Gasteiger charge is -2.28. The molecule has 26 heavy (non-hydrogen) atoms. The zero-order chi connectivity index (χ0) is 18.5. The molecule has 0 saturated heterocycles. The SMILES string of the molecule is CC[C@@H]1CCc2c(sc3c2C(=O)N[C@@H](c2ccc(C(C)(C)C)cc2)N3)C1. The summed E-state index contributed by atoms with van der Waals surface area (Å²) < 4.78 is 0. The molecular formula is C22H28N2OS. The Morgan fingerprint density at radius 3 is 2.54 bits per heavy atom. The van der Waals surface area contributed by atoms with Gasteiger partial charge in [-0.05, 0) is 47.3 Å². The summed E-state index contributed by atoms with van der Waals surface area (Å²) in [6.45, 7) is 8.92. The molecule has 1 aromatic heterocycles. The number of amides is 1. The standard InChI is InChI=1S/C22H28N2OS/c1-5-13-6-11-16-17(12-13)26-21-18(16)20(25)23-19(24-21)14-7-9-15(10-8-14)22(2,3)4/h7-10,13,19,24H,5-6,11-12H2,1-4H3,(H,23,25)/t13-,19-/m1/s1. The Kier molecular flexibility index (Phi) is 4.34. The van der Waals surface area contributed by atoms with Crippen molar-refractivity contribution in [3.05, 3.63) is 51.4 Å². The summed E-state index contributed by atoms with van der Waals surface area (Å²) in [5.74, 6) is 0.850. The van der Waals surface area contributed by atoms with E-state index in [0.29, 0.717) is 0 Å². The zero-order valence-electron chi connectivity index (χ0n) is 16.1. The number of anilines is 1.